The third-order valence-electron chi connectivity index (χ3n) is 6.24. The Morgan fingerprint density at radius 1 is 1.21 bits per heavy atom. The van der Waals surface area contributed by atoms with Crippen molar-refractivity contribution in [1.29, 1.82) is 0 Å². The number of hydrogen-bond donors (Lipinski definition) is 7. The van der Waals surface area contributed by atoms with Gasteiger partial charge in [0.25, 0.3) is 0 Å². The van der Waals surface area contributed by atoms with Gasteiger partial charge in [-0.25, -0.2) is 4.68 Å². The fourth-order valence-corrected chi connectivity index (χ4v) is 4.95. The van der Waals surface area contributed by atoms with Crippen molar-refractivity contribution in [2.75, 3.05) is 25.1 Å². The van der Waals surface area contributed by atoms with Gasteiger partial charge in [-0.2, -0.15) is 15.1 Å². The molecular weight excluding hydrogens is 497 g/mol. The van der Waals surface area contributed by atoms with E-state index >= 15 is 0 Å². The molecule has 0 unspecified atom stereocenters. The number of nitrogens with one attached hydrogen (secondary N) is 1. The number of halogens is 1. The van der Waals surface area contributed by atoms with Gasteiger partial charge in [0.2, 0.25) is 10.6 Å². The number of anilines is 1. The van der Waals surface area contributed by atoms with E-state index in [4.69, 9.17) is 21.1 Å². The number of nitrogens with zero attached hydrogens (tertiary/aromatic N) is 4. The molecule has 34 heavy (non-hydrogen) atoms. The summed E-state index contributed by atoms with van der Waals surface area (Å²) in [6, 6.07) is 0.238. The SMILES string of the molecule is O=P(O)(O)C(CO)(CO)OC[C@H]1O[C@@H](n2ncc3c(NC4CCCC4)nc(Cl)nc32)[C@H](O)[C@@H]1O. The summed E-state index contributed by atoms with van der Waals surface area (Å²) >= 11 is 6.12. The second-order valence-corrected chi connectivity index (χ2v) is 10.7. The number of fused-ring (bicyclic) bond motifs is 1. The van der Waals surface area contributed by atoms with E-state index in [-0.39, 0.29) is 17.0 Å². The van der Waals surface area contributed by atoms with E-state index in [0.717, 1.165) is 25.7 Å². The van der Waals surface area contributed by atoms with Gasteiger partial charge in [-0.1, -0.05) is 12.8 Å². The summed E-state index contributed by atoms with van der Waals surface area (Å²) in [7, 11) is -5.10. The summed E-state index contributed by atoms with van der Waals surface area (Å²) < 4.78 is 23.7. The third-order valence-corrected chi connectivity index (χ3v) is 7.88. The lowest BCUT2D eigenvalue weighted by atomic mass is 10.1. The van der Waals surface area contributed by atoms with E-state index in [9.17, 15) is 34.8 Å². The maximum absolute atomic E-state index is 11.7. The summed E-state index contributed by atoms with van der Waals surface area (Å²) in [5.41, 5.74) is 0.244. The van der Waals surface area contributed by atoms with E-state index in [2.05, 4.69) is 20.4 Å². The predicted octanol–water partition coefficient (Wildman–Crippen LogP) is -0.671. The summed E-state index contributed by atoms with van der Waals surface area (Å²) in [5, 5.41) is 45.3. The van der Waals surface area contributed by atoms with Gasteiger partial charge in [0, 0.05) is 6.04 Å². The minimum absolute atomic E-state index is 0.0556. The van der Waals surface area contributed by atoms with Crippen LogP contribution in [0.25, 0.3) is 11.0 Å². The van der Waals surface area contributed by atoms with Crippen molar-refractivity contribution >= 4 is 36.0 Å². The van der Waals surface area contributed by atoms with Crippen molar-refractivity contribution in [2.45, 2.75) is 61.6 Å². The van der Waals surface area contributed by atoms with Gasteiger partial charge in [-0.15, -0.1) is 0 Å². The fourth-order valence-electron chi connectivity index (χ4n) is 4.17. The largest absolute Gasteiger partial charge is 0.393 e. The zero-order valence-electron chi connectivity index (χ0n) is 17.9. The van der Waals surface area contributed by atoms with Gasteiger partial charge in [0.05, 0.1) is 31.4 Å². The van der Waals surface area contributed by atoms with Crippen LogP contribution in [0.5, 0.6) is 0 Å². The summed E-state index contributed by atoms with van der Waals surface area (Å²) in [5.74, 6) is 0.485. The first-order chi connectivity index (χ1) is 16.1. The normalized spacial score (nSPS) is 26.6. The van der Waals surface area contributed by atoms with Gasteiger partial charge in [0.15, 0.2) is 11.9 Å². The molecule has 1 aliphatic heterocycles. The van der Waals surface area contributed by atoms with E-state index in [1.807, 2.05) is 0 Å². The molecule has 2 aromatic rings. The molecule has 1 saturated carbocycles. The number of hydrogen-bond acceptors (Lipinski definition) is 11. The van der Waals surface area contributed by atoms with Crippen molar-refractivity contribution in [3.8, 4) is 0 Å². The summed E-state index contributed by atoms with van der Waals surface area (Å²) in [6.45, 7) is -3.01. The second-order valence-electron chi connectivity index (χ2n) is 8.46. The maximum atomic E-state index is 11.7. The highest BCUT2D eigenvalue weighted by molar-refractivity contribution is 7.53. The standard InChI is InChI=1S/C18H27ClN5O9P/c19-17-22-14(21-9-3-1-2-4-9)10-5-20-24(15(10)23-17)16-13(28)12(27)11(33-16)6-32-18(7-25,8-26)34(29,30)31/h5,9,11-13,16,25-28H,1-4,6-8H2,(H,21,22,23)(H2,29,30,31)/t11-,12-,13-,16-/m1/s1. The Labute approximate surface area is 198 Å². The molecule has 0 aromatic carbocycles. The third kappa shape index (κ3) is 4.67. The molecule has 7 N–H and O–H groups in total. The van der Waals surface area contributed by atoms with Crippen molar-refractivity contribution in [1.82, 2.24) is 19.7 Å². The molecular formula is C18H27ClN5O9P. The van der Waals surface area contributed by atoms with E-state index in [0.29, 0.717) is 11.2 Å². The topological polar surface area (TPSA) is 213 Å². The Kier molecular flexibility index (Phi) is 7.46. The van der Waals surface area contributed by atoms with Crippen molar-refractivity contribution < 1.29 is 44.3 Å². The number of aromatic nitrogens is 4. The van der Waals surface area contributed by atoms with Crippen LogP contribution in [0.4, 0.5) is 5.82 Å². The quantitative estimate of drug-likeness (QED) is 0.161. The molecule has 0 spiro atoms. The summed E-state index contributed by atoms with van der Waals surface area (Å²) in [4.78, 5) is 27.4. The van der Waals surface area contributed by atoms with Crippen molar-refractivity contribution in [3.05, 3.63) is 11.5 Å². The molecule has 14 nitrogen and oxygen atoms in total. The first kappa shape index (κ1) is 25.6. The molecule has 3 heterocycles. The van der Waals surface area contributed by atoms with Crippen LogP contribution in [0.1, 0.15) is 31.9 Å². The Balaban J connectivity index is 1.56. The molecule has 2 aromatic heterocycles. The monoisotopic (exact) mass is 523 g/mol. The number of aliphatic hydroxyl groups is 4. The van der Waals surface area contributed by atoms with Crippen LogP contribution in [0.2, 0.25) is 5.28 Å². The van der Waals surface area contributed by atoms with Gasteiger partial charge >= 0.3 is 7.60 Å². The zero-order chi connectivity index (χ0) is 24.7. The van der Waals surface area contributed by atoms with Crippen LogP contribution < -0.4 is 5.32 Å². The van der Waals surface area contributed by atoms with E-state index in [1.165, 1.54) is 10.9 Å². The highest BCUT2D eigenvalue weighted by Crippen LogP contribution is 2.51. The Hall–Kier alpha value is -1.45. The molecule has 16 heteroatoms. The van der Waals surface area contributed by atoms with Crippen molar-refractivity contribution in [3.63, 3.8) is 0 Å². The maximum Gasteiger partial charge on any atom is 0.361 e. The Bertz CT molecular complexity index is 1060. The average Bonchev–Trinajstić information content (AvgIpc) is 3.50. The molecule has 190 valence electrons. The molecule has 0 bridgehead atoms. The highest BCUT2D eigenvalue weighted by Gasteiger charge is 2.51. The van der Waals surface area contributed by atoms with Crippen LogP contribution in [-0.4, -0.2) is 99.5 Å². The number of ether oxygens (including phenoxy) is 2. The lowest BCUT2D eigenvalue weighted by molar-refractivity contribution is -0.121. The van der Waals surface area contributed by atoms with Gasteiger partial charge in [-0.05, 0) is 24.4 Å². The Morgan fingerprint density at radius 3 is 2.50 bits per heavy atom. The van der Waals surface area contributed by atoms with Crippen LogP contribution in [0.3, 0.4) is 0 Å². The minimum Gasteiger partial charge on any atom is -0.393 e. The van der Waals surface area contributed by atoms with Crippen LogP contribution in [0.15, 0.2) is 6.20 Å². The number of rotatable bonds is 9. The molecule has 2 aliphatic rings. The average molecular weight is 524 g/mol. The molecule has 1 saturated heterocycles. The van der Waals surface area contributed by atoms with E-state index in [1.54, 1.807) is 0 Å². The fraction of sp³-hybridized carbons (Fsp3) is 0.722. The lowest BCUT2D eigenvalue weighted by Gasteiger charge is -2.31. The summed E-state index contributed by atoms with van der Waals surface area (Å²) in [6.07, 6.45) is 0.132. The molecule has 1 aliphatic carbocycles. The van der Waals surface area contributed by atoms with Gasteiger partial charge in [0.1, 0.15) is 24.1 Å². The molecule has 4 rings (SSSR count). The van der Waals surface area contributed by atoms with Crippen LogP contribution in [0, 0.1) is 0 Å². The number of aliphatic hydroxyl groups excluding tert-OH is 4. The zero-order valence-corrected chi connectivity index (χ0v) is 19.6. The lowest BCUT2D eigenvalue weighted by Crippen LogP contribution is -2.44. The molecule has 0 amide bonds. The minimum atomic E-state index is -5.10. The van der Waals surface area contributed by atoms with Crippen LogP contribution >= 0.6 is 19.2 Å². The second kappa shape index (κ2) is 9.90. The first-order valence-electron chi connectivity index (χ1n) is 10.7. The predicted molar refractivity (Wildman–Crippen MR) is 117 cm³/mol. The van der Waals surface area contributed by atoms with Crippen molar-refractivity contribution in [2.24, 2.45) is 0 Å². The molecule has 2 fully saturated rings. The van der Waals surface area contributed by atoms with Gasteiger partial charge in [-0.3, -0.25) is 4.57 Å². The molecule has 4 atom stereocenters. The smallest absolute Gasteiger partial charge is 0.361 e. The van der Waals surface area contributed by atoms with Crippen LogP contribution in [-0.2, 0) is 14.0 Å². The Morgan fingerprint density at radius 2 is 1.88 bits per heavy atom. The van der Waals surface area contributed by atoms with Gasteiger partial charge < -0.3 is 45.0 Å². The van der Waals surface area contributed by atoms with E-state index < -0.39 is 57.3 Å². The molecule has 0 radical (unpaired) electrons. The highest BCUT2D eigenvalue weighted by atomic mass is 35.5. The first-order valence-corrected chi connectivity index (χ1v) is 12.7.